The Morgan fingerprint density at radius 3 is 1.74 bits per heavy atom. The average molecular weight is 680 g/mol. The van der Waals surface area contributed by atoms with E-state index in [1.165, 1.54) is 32.1 Å². The Morgan fingerprint density at radius 2 is 1.18 bits per heavy atom. The summed E-state index contributed by atoms with van der Waals surface area (Å²) in [6.07, 6.45) is 16.1. The van der Waals surface area contributed by atoms with Crippen LogP contribution in [0.2, 0.25) is 0 Å². The van der Waals surface area contributed by atoms with Crippen molar-refractivity contribution >= 4 is 58.1 Å². The highest BCUT2D eigenvalue weighted by atomic mass is 127. The molecule has 39 heavy (non-hydrogen) atoms. The van der Waals surface area contributed by atoms with Crippen molar-refractivity contribution < 1.29 is 19.2 Å². The van der Waals surface area contributed by atoms with Gasteiger partial charge in [0.15, 0.2) is 0 Å². The van der Waals surface area contributed by atoms with Gasteiger partial charge < -0.3 is 26.6 Å². The molecule has 3 atom stereocenters. The Bertz CT molecular complexity index is 745. The minimum Gasteiger partial charge on any atom is -0.356 e. The number of hydrogen-bond donors (Lipinski definition) is 5. The molecule has 2 aliphatic heterocycles. The summed E-state index contributed by atoms with van der Waals surface area (Å²) < 4.78 is 0.533. The van der Waals surface area contributed by atoms with Crippen molar-refractivity contribution in [3.8, 4) is 0 Å². The summed E-state index contributed by atoms with van der Waals surface area (Å²) in [4.78, 5) is 46.6. The number of hydrogen-bond acceptors (Lipinski definition) is 5. The maximum atomic E-state index is 12.1. The second-order valence-electron chi connectivity index (χ2n) is 10.7. The number of carbonyl (C=O) groups excluding carboxylic acids is 4. The van der Waals surface area contributed by atoms with Crippen molar-refractivity contribution in [2.45, 2.75) is 120 Å². The summed E-state index contributed by atoms with van der Waals surface area (Å²) >= 11 is 3.99. The number of nitrogens with one attached hydrogen (secondary N) is 5. The maximum Gasteiger partial charge on any atom is 0.315 e. The zero-order valence-corrected chi connectivity index (χ0v) is 26.5. The van der Waals surface area contributed by atoms with Crippen LogP contribution in [-0.4, -0.2) is 70.9 Å². The van der Waals surface area contributed by atoms with Crippen LogP contribution in [0.5, 0.6) is 0 Å². The third-order valence-electron chi connectivity index (χ3n) is 7.35. The van der Waals surface area contributed by atoms with Crippen LogP contribution in [0.1, 0.15) is 103 Å². The van der Waals surface area contributed by atoms with Crippen LogP contribution in [0, 0.1) is 0 Å². The van der Waals surface area contributed by atoms with Crippen molar-refractivity contribution in [2.75, 3.05) is 29.8 Å². The Hall–Kier alpha value is -1.24. The van der Waals surface area contributed by atoms with Gasteiger partial charge >= 0.3 is 6.03 Å². The lowest BCUT2D eigenvalue weighted by molar-refractivity contribution is -0.122. The highest BCUT2D eigenvalue weighted by Gasteiger charge is 2.42. The lowest BCUT2D eigenvalue weighted by Gasteiger charge is -2.16. The molecule has 0 unspecified atom stereocenters. The second-order valence-corrected chi connectivity index (χ2v) is 12.7. The molecule has 2 aliphatic rings. The summed E-state index contributed by atoms with van der Waals surface area (Å²) in [5, 5.41) is 15.4. The largest absolute Gasteiger partial charge is 0.356 e. The van der Waals surface area contributed by atoms with E-state index < -0.39 is 0 Å². The van der Waals surface area contributed by atoms with Crippen LogP contribution in [0.15, 0.2) is 0 Å². The van der Waals surface area contributed by atoms with Gasteiger partial charge in [0.2, 0.25) is 17.7 Å². The molecule has 0 aromatic heterocycles. The van der Waals surface area contributed by atoms with Gasteiger partial charge in [-0.15, -0.1) is 0 Å². The van der Waals surface area contributed by atoms with Crippen molar-refractivity contribution in [2.24, 2.45) is 0 Å². The molecular weight excluding hydrogens is 629 g/mol. The summed E-state index contributed by atoms with van der Waals surface area (Å²) in [5.41, 5.74) is 0. The smallest absolute Gasteiger partial charge is 0.315 e. The Kier molecular flexibility index (Phi) is 18.7. The normalized spacial score (nSPS) is 19.7. The van der Waals surface area contributed by atoms with E-state index in [1.807, 2.05) is 11.8 Å². The fourth-order valence-corrected chi connectivity index (χ4v) is 6.89. The molecule has 2 saturated heterocycles. The number of unbranched alkanes of at least 4 members (excludes halogenated alkanes) is 10. The van der Waals surface area contributed by atoms with Crippen molar-refractivity contribution in [1.82, 2.24) is 26.6 Å². The van der Waals surface area contributed by atoms with Gasteiger partial charge in [-0.05, 0) is 38.5 Å². The van der Waals surface area contributed by atoms with Crippen LogP contribution >= 0.6 is 34.4 Å². The van der Waals surface area contributed by atoms with Crippen LogP contribution in [-0.2, 0) is 14.4 Å². The first-order valence-corrected chi connectivity index (χ1v) is 17.6. The van der Waals surface area contributed by atoms with E-state index in [0.717, 1.165) is 76.6 Å². The summed E-state index contributed by atoms with van der Waals surface area (Å²) in [7, 11) is 0. The highest BCUT2D eigenvalue weighted by molar-refractivity contribution is 14.1. The number of amides is 5. The molecule has 0 aromatic rings. The molecule has 2 heterocycles. The molecule has 0 bridgehead atoms. The maximum absolute atomic E-state index is 12.1. The van der Waals surface area contributed by atoms with E-state index in [4.69, 9.17) is 0 Å². The fourth-order valence-electron chi connectivity index (χ4n) is 5.08. The van der Waals surface area contributed by atoms with Gasteiger partial charge in [-0.2, -0.15) is 11.8 Å². The SMILES string of the molecule is O=C(CI)NCCCCCCCCCCNC(=O)CCCCCNC(=O)CCCC[C@@H]1SC[C@@H]2NC(=O)N[C@@H]21. The third-order valence-corrected chi connectivity index (χ3v) is 9.55. The lowest BCUT2D eigenvalue weighted by Crippen LogP contribution is -2.36. The van der Waals surface area contributed by atoms with Gasteiger partial charge in [-0.3, -0.25) is 14.4 Å². The first-order valence-electron chi connectivity index (χ1n) is 15.0. The Labute approximate surface area is 252 Å². The van der Waals surface area contributed by atoms with E-state index in [2.05, 4.69) is 49.2 Å². The van der Waals surface area contributed by atoms with E-state index >= 15 is 0 Å². The molecule has 5 amide bonds. The Morgan fingerprint density at radius 1 is 0.692 bits per heavy atom. The minimum atomic E-state index is -0.0491. The van der Waals surface area contributed by atoms with Gasteiger partial charge in [-0.25, -0.2) is 4.79 Å². The first kappa shape index (κ1) is 34.0. The lowest BCUT2D eigenvalue weighted by atomic mass is 10.0. The number of urea groups is 1. The van der Waals surface area contributed by atoms with E-state index in [1.54, 1.807) is 0 Å². The second kappa shape index (κ2) is 21.5. The predicted molar refractivity (Wildman–Crippen MR) is 167 cm³/mol. The fraction of sp³-hybridized carbons (Fsp3) is 0.857. The highest BCUT2D eigenvalue weighted by Crippen LogP contribution is 2.33. The number of fused-ring (bicyclic) bond motifs is 1. The average Bonchev–Trinajstić information content (AvgIpc) is 3.48. The van der Waals surface area contributed by atoms with Gasteiger partial charge in [-0.1, -0.05) is 74.0 Å². The molecule has 224 valence electrons. The van der Waals surface area contributed by atoms with E-state index in [-0.39, 0.29) is 35.8 Å². The molecule has 0 radical (unpaired) electrons. The van der Waals surface area contributed by atoms with E-state index in [0.29, 0.717) is 29.1 Å². The zero-order valence-electron chi connectivity index (χ0n) is 23.5. The molecule has 2 rings (SSSR count). The topological polar surface area (TPSA) is 128 Å². The molecule has 0 aromatic carbocycles. The molecule has 5 N–H and O–H groups in total. The monoisotopic (exact) mass is 679 g/mol. The summed E-state index contributed by atoms with van der Waals surface area (Å²) in [6, 6.07) is 0.451. The summed E-state index contributed by atoms with van der Waals surface area (Å²) in [5.74, 6) is 1.34. The predicted octanol–water partition coefficient (Wildman–Crippen LogP) is 4.18. The van der Waals surface area contributed by atoms with Gasteiger partial charge in [0.05, 0.1) is 16.5 Å². The van der Waals surface area contributed by atoms with Crippen molar-refractivity contribution in [1.29, 1.82) is 0 Å². The van der Waals surface area contributed by atoms with Crippen molar-refractivity contribution in [3.05, 3.63) is 0 Å². The molecular formula is C28H50IN5O4S. The molecule has 9 nitrogen and oxygen atoms in total. The molecule has 0 spiro atoms. The van der Waals surface area contributed by atoms with Gasteiger partial charge in [0.25, 0.3) is 0 Å². The summed E-state index contributed by atoms with van der Waals surface area (Å²) in [6.45, 7) is 2.23. The minimum absolute atomic E-state index is 0.0491. The van der Waals surface area contributed by atoms with Crippen LogP contribution in [0.4, 0.5) is 4.79 Å². The zero-order chi connectivity index (χ0) is 28.1. The van der Waals surface area contributed by atoms with Crippen molar-refractivity contribution in [3.63, 3.8) is 0 Å². The van der Waals surface area contributed by atoms with Crippen LogP contribution in [0.25, 0.3) is 0 Å². The number of alkyl halides is 1. The molecule has 2 fully saturated rings. The van der Waals surface area contributed by atoms with Gasteiger partial charge in [0, 0.05) is 43.5 Å². The Balaban J connectivity index is 1.28. The number of halogens is 1. The molecule has 11 heteroatoms. The quantitative estimate of drug-likeness (QED) is 0.0480. The first-order chi connectivity index (χ1) is 19.0. The van der Waals surface area contributed by atoms with Crippen LogP contribution in [0.3, 0.4) is 0 Å². The number of rotatable bonds is 23. The molecule has 0 aliphatic carbocycles. The molecule has 0 saturated carbocycles. The standard InChI is InChI=1S/C28H50IN5O4S/c29-20-26(37)32-19-12-6-4-2-1-3-5-11-17-30-24(35)15-8-7-13-18-31-25(36)16-10-9-14-23-27-22(21-39-23)33-28(38)34-27/h22-23,27H,1-21H2,(H,30,35)(H,31,36)(H,32,37)(H2,33,34,38)/t22-,23-,27-/m0/s1. The van der Waals surface area contributed by atoms with E-state index in [9.17, 15) is 19.2 Å². The third kappa shape index (κ3) is 16.0. The number of thioether (sulfide) groups is 1. The number of carbonyl (C=O) groups is 4. The van der Waals surface area contributed by atoms with Gasteiger partial charge in [0.1, 0.15) is 0 Å². The van der Waals surface area contributed by atoms with Crippen LogP contribution < -0.4 is 26.6 Å².